The molecule has 0 saturated carbocycles. The second-order valence-electron chi connectivity index (χ2n) is 5.40. The van der Waals surface area contributed by atoms with Crippen LogP contribution in [-0.4, -0.2) is 36.2 Å². The normalized spacial score (nSPS) is 16.4. The van der Waals surface area contributed by atoms with Crippen molar-refractivity contribution >= 4 is 0 Å². The highest BCUT2D eigenvalue weighted by Crippen LogP contribution is 2.34. The number of nitrogens with one attached hydrogen (secondary N) is 1. The topological polar surface area (TPSA) is 71.0 Å². The molecule has 0 spiro atoms. The molecule has 1 aliphatic rings. The molecule has 5 heteroatoms. The van der Waals surface area contributed by atoms with E-state index in [0.717, 1.165) is 5.56 Å². The van der Waals surface area contributed by atoms with Gasteiger partial charge in [0.1, 0.15) is 0 Å². The molecule has 1 aromatic carbocycles. The number of fused-ring (bicyclic) bond motifs is 1. The van der Waals surface area contributed by atoms with Crippen LogP contribution in [-0.2, 0) is 0 Å². The first-order valence-corrected chi connectivity index (χ1v) is 7.03. The minimum absolute atomic E-state index is 0.149. The molecule has 1 heterocycles. The van der Waals surface area contributed by atoms with E-state index in [2.05, 4.69) is 19.2 Å². The minimum atomic E-state index is -0.607. The van der Waals surface area contributed by atoms with E-state index in [9.17, 15) is 5.11 Å². The fraction of sp³-hybridized carbons (Fsp3) is 0.600. The van der Waals surface area contributed by atoms with E-state index in [1.165, 1.54) is 0 Å². The third-order valence-corrected chi connectivity index (χ3v) is 3.60. The van der Waals surface area contributed by atoms with Crippen molar-refractivity contribution in [3.8, 4) is 11.5 Å². The Morgan fingerprint density at radius 1 is 1.25 bits per heavy atom. The van der Waals surface area contributed by atoms with Crippen LogP contribution in [0.1, 0.15) is 31.9 Å². The number of hydrogen-bond donors (Lipinski definition) is 3. The molecule has 0 saturated heterocycles. The van der Waals surface area contributed by atoms with E-state index in [4.69, 9.17) is 14.6 Å². The van der Waals surface area contributed by atoms with Gasteiger partial charge >= 0.3 is 0 Å². The first-order chi connectivity index (χ1) is 9.61. The third kappa shape index (κ3) is 3.62. The van der Waals surface area contributed by atoms with E-state index >= 15 is 0 Å². The molecule has 0 aliphatic carbocycles. The number of aliphatic hydroxyl groups is 2. The second-order valence-corrected chi connectivity index (χ2v) is 5.40. The molecular formula is C15H23NO4. The van der Waals surface area contributed by atoms with Gasteiger partial charge in [-0.25, -0.2) is 0 Å². The Balaban J connectivity index is 1.92. The zero-order chi connectivity index (χ0) is 14.5. The molecule has 0 bridgehead atoms. The summed E-state index contributed by atoms with van der Waals surface area (Å²) in [7, 11) is 0. The van der Waals surface area contributed by atoms with Gasteiger partial charge in [0.15, 0.2) is 11.5 Å². The lowest BCUT2D eigenvalue weighted by Crippen LogP contribution is -2.37. The van der Waals surface area contributed by atoms with Crippen LogP contribution in [0.5, 0.6) is 11.5 Å². The SMILES string of the molecule is CC(C)C(CCO)NCC(O)c1ccc2c(c1)OCO2. The highest BCUT2D eigenvalue weighted by atomic mass is 16.7. The van der Waals surface area contributed by atoms with E-state index in [1.54, 1.807) is 0 Å². The average molecular weight is 281 g/mol. The zero-order valence-corrected chi connectivity index (χ0v) is 12.0. The lowest BCUT2D eigenvalue weighted by Gasteiger charge is -2.23. The van der Waals surface area contributed by atoms with Crippen LogP contribution in [0.15, 0.2) is 18.2 Å². The maximum Gasteiger partial charge on any atom is 0.231 e. The van der Waals surface area contributed by atoms with E-state index in [0.29, 0.717) is 30.4 Å². The molecule has 1 aliphatic heterocycles. The maximum atomic E-state index is 10.2. The highest BCUT2D eigenvalue weighted by molar-refractivity contribution is 5.45. The van der Waals surface area contributed by atoms with E-state index in [-0.39, 0.29) is 19.4 Å². The van der Waals surface area contributed by atoms with Crippen LogP contribution in [0.2, 0.25) is 0 Å². The van der Waals surface area contributed by atoms with Gasteiger partial charge in [0.05, 0.1) is 6.10 Å². The zero-order valence-electron chi connectivity index (χ0n) is 12.0. The van der Waals surface area contributed by atoms with E-state index < -0.39 is 6.10 Å². The van der Waals surface area contributed by atoms with Crippen molar-refractivity contribution in [2.24, 2.45) is 5.92 Å². The van der Waals surface area contributed by atoms with Gasteiger partial charge in [0.25, 0.3) is 0 Å². The van der Waals surface area contributed by atoms with Crippen LogP contribution in [0, 0.1) is 5.92 Å². The molecule has 5 nitrogen and oxygen atoms in total. The van der Waals surface area contributed by atoms with Crippen molar-refractivity contribution in [3.05, 3.63) is 23.8 Å². The van der Waals surface area contributed by atoms with Crippen molar-refractivity contribution in [3.63, 3.8) is 0 Å². The van der Waals surface area contributed by atoms with Crippen LogP contribution in [0.4, 0.5) is 0 Å². The summed E-state index contributed by atoms with van der Waals surface area (Å²) in [5, 5.41) is 22.6. The number of aliphatic hydroxyl groups excluding tert-OH is 2. The second kappa shape index (κ2) is 6.92. The van der Waals surface area contributed by atoms with Crippen molar-refractivity contribution in [2.45, 2.75) is 32.4 Å². The Morgan fingerprint density at radius 3 is 2.70 bits per heavy atom. The van der Waals surface area contributed by atoms with Crippen LogP contribution >= 0.6 is 0 Å². The Labute approximate surface area is 119 Å². The summed E-state index contributed by atoms with van der Waals surface area (Å²) in [5.41, 5.74) is 0.799. The summed E-state index contributed by atoms with van der Waals surface area (Å²) in [6.07, 6.45) is 0.0790. The molecule has 0 aromatic heterocycles. The Kier molecular flexibility index (Phi) is 5.23. The predicted octanol–water partition coefficient (Wildman–Crippen LogP) is 1.45. The molecule has 2 unspecified atom stereocenters. The first kappa shape index (κ1) is 15.1. The Morgan fingerprint density at radius 2 is 2.00 bits per heavy atom. The van der Waals surface area contributed by atoms with Crippen LogP contribution in [0.3, 0.4) is 0 Å². The number of ether oxygens (including phenoxy) is 2. The van der Waals surface area contributed by atoms with Crippen molar-refractivity contribution in [1.29, 1.82) is 0 Å². The summed E-state index contributed by atoms with van der Waals surface area (Å²) in [6, 6.07) is 5.67. The Hall–Kier alpha value is -1.30. The van der Waals surface area contributed by atoms with Gasteiger partial charge in [-0.05, 0) is 30.0 Å². The van der Waals surface area contributed by atoms with Gasteiger partial charge in [0, 0.05) is 19.2 Å². The van der Waals surface area contributed by atoms with Gasteiger partial charge in [0.2, 0.25) is 6.79 Å². The molecule has 112 valence electrons. The minimum Gasteiger partial charge on any atom is -0.454 e. The van der Waals surface area contributed by atoms with Crippen molar-refractivity contribution in [2.75, 3.05) is 19.9 Å². The summed E-state index contributed by atoms with van der Waals surface area (Å²) in [4.78, 5) is 0. The molecule has 3 N–H and O–H groups in total. The monoisotopic (exact) mass is 281 g/mol. The molecule has 1 aromatic rings. The fourth-order valence-corrected chi connectivity index (χ4v) is 2.31. The molecule has 0 radical (unpaired) electrons. The predicted molar refractivity (Wildman–Crippen MR) is 75.9 cm³/mol. The largest absolute Gasteiger partial charge is 0.454 e. The van der Waals surface area contributed by atoms with Crippen LogP contribution in [0.25, 0.3) is 0 Å². The molecule has 0 amide bonds. The average Bonchev–Trinajstić information content (AvgIpc) is 2.89. The highest BCUT2D eigenvalue weighted by Gasteiger charge is 2.18. The van der Waals surface area contributed by atoms with Crippen molar-refractivity contribution in [1.82, 2.24) is 5.32 Å². The third-order valence-electron chi connectivity index (χ3n) is 3.60. The molecule has 0 fully saturated rings. The molecule has 2 atom stereocenters. The molecular weight excluding hydrogens is 258 g/mol. The molecule has 20 heavy (non-hydrogen) atoms. The smallest absolute Gasteiger partial charge is 0.231 e. The lowest BCUT2D eigenvalue weighted by atomic mass is 10.0. The summed E-state index contributed by atoms with van der Waals surface area (Å²) >= 11 is 0. The van der Waals surface area contributed by atoms with Gasteiger partial charge in [-0.3, -0.25) is 0 Å². The standard InChI is InChI=1S/C15H23NO4/c1-10(2)12(5-6-17)16-8-13(18)11-3-4-14-15(7-11)20-9-19-14/h3-4,7,10,12-13,16-18H,5-6,8-9H2,1-2H3. The maximum absolute atomic E-state index is 10.2. The van der Waals surface area contributed by atoms with Gasteiger partial charge in [-0.1, -0.05) is 19.9 Å². The fourth-order valence-electron chi connectivity index (χ4n) is 2.31. The lowest BCUT2D eigenvalue weighted by molar-refractivity contribution is 0.158. The quantitative estimate of drug-likeness (QED) is 0.705. The number of hydrogen-bond acceptors (Lipinski definition) is 5. The van der Waals surface area contributed by atoms with Gasteiger partial charge in [-0.15, -0.1) is 0 Å². The Bertz CT molecular complexity index is 436. The van der Waals surface area contributed by atoms with E-state index in [1.807, 2.05) is 18.2 Å². The first-order valence-electron chi connectivity index (χ1n) is 7.03. The van der Waals surface area contributed by atoms with Gasteiger partial charge < -0.3 is 25.0 Å². The summed E-state index contributed by atoms with van der Waals surface area (Å²) < 4.78 is 10.6. The van der Waals surface area contributed by atoms with Crippen molar-refractivity contribution < 1.29 is 19.7 Å². The van der Waals surface area contributed by atoms with Gasteiger partial charge in [-0.2, -0.15) is 0 Å². The number of benzene rings is 1. The summed E-state index contributed by atoms with van der Waals surface area (Å²) in [6.45, 7) is 5.03. The molecule has 2 rings (SSSR count). The number of rotatable bonds is 7. The summed E-state index contributed by atoms with van der Waals surface area (Å²) in [5.74, 6) is 1.80. The van der Waals surface area contributed by atoms with Crippen LogP contribution < -0.4 is 14.8 Å².